The molecule has 0 N–H and O–H groups in total. The Bertz CT molecular complexity index is 375. The SMILES string of the molecule is CCC(C=O)=Cc1c(C)nn(C)c1C. The van der Waals surface area contributed by atoms with E-state index < -0.39 is 0 Å². The summed E-state index contributed by atoms with van der Waals surface area (Å²) in [6.07, 6.45) is 3.59. The summed E-state index contributed by atoms with van der Waals surface area (Å²) in [5, 5.41) is 4.29. The van der Waals surface area contributed by atoms with Crippen LogP contribution in [0, 0.1) is 13.8 Å². The molecule has 3 heteroatoms. The minimum absolute atomic E-state index is 0.761. The molecule has 0 aromatic carbocycles. The lowest BCUT2D eigenvalue weighted by Crippen LogP contribution is -1.92. The fourth-order valence-electron chi connectivity index (χ4n) is 1.40. The molecule has 3 nitrogen and oxygen atoms in total. The molecule has 0 radical (unpaired) electrons. The quantitative estimate of drug-likeness (QED) is 0.542. The van der Waals surface area contributed by atoms with Crippen LogP contribution in [-0.2, 0) is 11.8 Å². The molecule has 76 valence electrons. The predicted octanol–water partition coefficient (Wildman–Crippen LogP) is 2.03. The van der Waals surface area contributed by atoms with Crippen LogP contribution >= 0.6 is 0 Å². The van der Waals surface area contributed by atoms with E-state index in [1.165, 1.54) is 0 Å². The van der Waals surface area contributed by atoms with Gasteiger partial charge in [-0.2, -0.15) is 5.10 Å². The Labute approximate surface area is 84.4 Å². The zero-order valence-corrected chi connectivity index (χ0v) is 9.16. The highest BCUT2D eigenvalue weighted by Gasteiger charge is 2.06. The van der Waals surface area contributed by atoms with Gasteiger partial charge in [-0.3, -0.25) is 9.48 Å². The number of nitrogens with zero attached hydrogens (tertiary/aromatic N) is 2. The summed E-state index contributed by atoms with van der Waals surface area (Å²) in [6, 6.07) is 0. The molecule has 0 amide bonds. The normalized spacial score (nSPS) is 11.9. The molecule has 1 rings (SSSR count). The number of aryl methyl sites for hydroxylation is 2. The van der Waals surface area contributed by atoms with Gasteiger partial charge in [-0.15, -0.1) is 0 Å². The Morgan fingerprint density at radius 3 is 2.50 bits per heavy atom. The van der Waals surface area contributed by atoms with Crippen molar-refractivity contribution >= 4 is 12.4 Å². The smallest absolute Gasteiger partial charge is 0.146 e. The van der Waals surface area contributed by atoms with Gasteiger partial charge in [0.2, 0.25) is 0 Å². The van der Waals surface area contributed by atoms with E-state index in [9.17, 15) is 4.79 Å². The van der Waals surface area contributed by atoms with Gasteiger partial charge in [-0.1, -0.05) is 6.92 Å². The van der Waals surface area contributed by atoms with Crippen molar-refractivity contribution < 1.29 is 4.79 Å². The lowest BCUT2D eigenvalue weighted by atomic mass is 10.1. The molecule has 0 spiro atoms. The molecule has 14 heavy (non-hydrogen) atoms. The van der Waals surface area contributed by atoms with Gasteiger partial charge >= 0.3 is 0 Å². The minimum atomic E-state index is 0.761. The Balaban J connectivity index is 3.19. The number of allylic oxidation sites excluding steroid dienone is 1. The van der Waals surface area contributed by atoms with Crippen molar-refractivity contribution in [3.8, 4) is 0 Å². The molecule has 0 unspecified atom stereocenters. The van der Waals surface area contributed by atoms with Crippen LogP contribution in [-0.4, -0.2) is 16.1 Å². The summed E-state index contributed by atoms with van der Waals surface area (Å²) in [6.45, 7) is 5.93. The summed E-state index contributed by atoms with van der Waals surface area (Å²) in [5.41, 5.74) is 3.94. The Hall–Kier alpha value is -1.38. The maximum atomic E-state index is 10.7. The lowest BCUT2D eigenvalue weighted by Gasteiger charge is -1.97. The van der Waals surface area contributed by atoms with Crippen LogP contribution in [0.4, 0.5) is 0 Å². The van der Waals surface area contributed by atoms with Crippen LogP contribution in [0.25, 0.3) is 6.08 Å². The first-order chi connectivity index (χ1) is 6.60. The highest BCUT2D eigenvalue weighted by atomic mass is 16.1. The standard InChI is InChI=1S/C11H16N2O/c1-5-10(7-14)6-11-8(2)12-13(4)9(11)3/h6-7H,5H2,1-4H3. The molecule has 0 aliphatic rings. The van der Waals surface area contributed by atoms with Crippen molar-refractivity contribution in [2.45, 2.75) is 27.2 Å². The first kappa shape index (κ1) is 10.7. The molecule has 1 aromatic heterocycles. The van der Waals surface area contributed by atoms with Crippen molar-refractivity contribution in [1.82, 2.24) is 9.78 Å². The van der Waals surface area contributed by atoms with E-state index in [1.54, 1.807) is 0 Å². The van der Waals surface area contributed by atoms with Crippen LogP contribution in [0.15, 0.2) is 5.57 Å². The Kier molecular flexibility index (Phi) is 3.23. The van der Waals surface area contributed by atoms with Crippen LogP contribution in [0.2, 0.25) is 0 Å². The molecule has 0 bridgehead atoms. The van der Waals surface area contributed by atoms with Gasteiger partial charge < -0.3 is 0 Å². The van der Waals surface area contributed by atoms with Gasteiger partial charge in [0, 0.05) is 18.3 Å². The largest absolute Gasteiger partial charge is 0.298 e. The third-order valence-corrected chi connectivity index (χ3v) is 2.45. The first-order valence-corrected chi connectivity index (χ1v) is 4.76. The number of carbonyl (C=O) groups excluding carboxylic acids is 1. The fourth-order valence-corrected chi connectivity index (χ4v) is 1.40. The lowest BCUT2D eigenvalue weighted by molar-refractivity contribution is -0.104. The molecule has 1 aromatic rings. The molecule has 0 saturated carbocycles. The van der Waals surface area contributed by atoms with Crippen molar-refractivity contribution in [2.24, 2.45) is 7.05 Å². The number of rotatable bonds is 3. The average molecular weight is 192 g/mol. The summed E-state index contributed by atoms with van der Waals surface area (Å²) in [4.78, 5) is 10.7. The van der Waals surface area contributed by atoms with Crippen molar-refractivity contribution in [2.75, 3.05) is 0 Å². The Morgan fingerprint density at radius 2 is 2.14 bits per heavy atom. The highest BCUT2D eigenvalue weighted by Crippen LogP contribution is 2.16. The second-order valence-electron chi connectivity index (χ2n) is 3.40. The zero-order valence-electron chi connectivity index (χ0n) is 9.16. The summed E-state index contributed by atoms with van der Waals surface area (Å²) in [7, 11) is 1.91. The monoisotopic (exact) mass is 192 g/mol. The van der Waals surface area contributed by atoms with Crippen LogP contribution in [0.5, 0.6) is 0 Å². The van der Waals surface area contributed by atoms with E-state index in [1.807, 2.05) is 38.6 Å². The van der Waals surface area contributed by atoms with Crippen LogP contribution in [0.3, 0.4) is 0 Å². The van der Waals surface area contributed by atoms with Gasteiger partial charge in [0.1, 0.15) is 6.29 Å². The van der Waals surface area contributed by atoms with Gasteiger partial charge in [-0.25, -0.2) is 0 Å². The van der Waals surface area contributed by atoms with E-state index in [4.69, 9.17) is 0 Å². The summed E-state index contributed by atoms with van der Waals surface area (Å²) < 4.78 is 1.83. The molecule has 0 aliphatic carbocycles. The van der Waals surface area contributed by atoms with Crippen molar-refractivity contribution in [3.05, 3.63) is 22.5 Å². The topological polar surface area (TPSA) is 34.9 Å². The van der Waals surface area contributed by atoms with Gasteiger partial charge in [-0.05, 0) is 31.9 Å². The Morgan fingerprint density at radius 1 is 1.50 bits per heavy atom. The molecular formula is C11H16N2O. The molecule has 0 saturated heterocycles. The number of hydrogen-bond acceptors (Lipinski definition) is 2. The molecule has 0 aliphatic heterocycles. The zero-order chi connectivity index (χ0) is 10.7. The van der Waals surface area contributed by atoms with Crippen molar-refractivity contribution in [3.63, 3.8) is 0 Å². The van der Waals surface area contributed by atoms with E-state index in [0.29, 0.717) is 0 Å². The second-order valence-corrected chi connectivity index (χ2v) is 3.40. The summed E-state index contributed by atoms with van der Waals surface area (Å²) in [5.74, 6) is 0. The average Bonchev–Trinajstić information content (AvgIpc) is 2.40. The van der Waals surface area contributed by atoms with E-state index in [-0.39, 0.29) is 0 Å². The van der Waals surface area contributed by atoms with Gasteiger partial charge in [0.15, 0.2) is 0 Å². The molecular weight excluding hydrogens is 176 g/mol. The van der Waals surface area contributed by atoms with E-state index in [0.717, 1.165) is 35.2 Å². The van der Waals surface area contributed by atoms with Crippen molar-refractivity contribution in [1.29, 1.82) is 0 Å². The van der Waals surface area contributed by atoms with Crippen LogP contribution < -0.4 is 0 Å². The summed E-state index contributed by atoms with van der Waals surface area (Å²) >= 11 is 0. The third kappa shape index (κ3) is 1.92. The fraction of sp³-hybridized carbons (Fsp3) is 0.455. The maximum absolute atomic E-state index is 10.7. The van der Waals surface area contributed by atoms with E-state index in [2.05, 4.69) is 5.10 Å². The maximum Gasteiger partial charge on any atom is 0.146 e. The first-order valence-electron chi connectivity index (χ1n) is 4.76. The highest BCUT2D eigenvalue weighted by molar-refractivity contribution is 5.82. The molecule has 0 fully saturated rings. The number of aromatic nitrogens is 2. The molecule has 0 atom stereocenters. The number of hydrogen-bond donors (Lipinski definition) is 0. The minimum Gasteiger partial charge on any atom is -0.298 e. The van der Waals surface area contributed by atoms with E-state index >= 15 is 0 Å². The third-order valence-electron chi connectivity index (χ3n) is 2.45. The van der Waals surface area contributed by atoms with Gasteiger partial charge in [0.05, 0.1) is 5.69 Å². The number of aldehydes is 1. The van der Waals surface area contributed by atoms with Crippen LogP contribution in [0.1, 0.15) is 30.3 Å². The number of carbonyl (C=O) groups is 1. The predicted molar refractivity (Wildman–Crippen MR) is 57.0 cm³/mol. The molecule has 1 heterocycles. The second kappa shape index (κ2) is 4.22. The van der Waals surface area contributed by atoms with Gasteiger partial charge in [0.25, 0.3) is 0 Å².